The lowest BCUT2D eigenvalue weighted by Crippen LogP contribution is -2.33. The number of carbonyl (C=O) groups is 1. The Morgan fingerprint density at radius 2 is 1.86 bits per heavy atom. The maximum atomic E-state index is 12.6. The second-order valence-corrected chi connectivity index (χ2v) is 7.86. The highest BCUT2D eigenvalue weighted by atomic mass is 16.6. The van der Waals surface area contributed by atoms with Crippen molar-refractivity contribution >= 4 is 5.91 Å². The van der Waals surface area contributed by atoms with Crippen molar-refractivity contribution in [3.8, 4) is 17.2 Å². The van der Waals surface area contributed by atoms with Gasteiger partial charge in [-0.05, 0) is 79.0 Å². The first-order chi connectivity index (χ1) is 13.8. The summed E-state index contributed by atoms with van der Waals surface area (Å²) in [6.45, 7) is 1.17. The van der Waals surface area contributed by atoms with E-state index in [0.29, 0.717) is 19.1 Å². The minimum absolute atomic E-state index is 0.00746. The maximum absolute atomic E-state index is 12.6. The first kappa shape index (κ1) is 17.4. The molecule has 5 heteroatoms. The Bertz CT molecular complexity index is 890. The molecular formula is C23H25NO4. The number of nitrogens with one attached hydrogen (secondary N) is 1. The number of hydrogen-bond acceptors (Lipinski definition) is 4. The molecule has 1 N–H and O–H groups in total. The minimum Gasteiger partial charge on any atom is -0.486 e. The van der Waals surface area contributed by atoms with Crippen LogP contribution in [0.15, 0.2) is 36.4 Å². The van der Waals surface area contributed by atoms with Gasteiger partial charge in [0.2, 0.25) is 0 Å². The van der Waals surface area contributed by atoms with E-state index < -0.39 is 0 Å². The van der Waals surface area contributed by atoms with Crippen LogP contribution in [0.1, 0.15) is 42.0 Å². The van der Waals surface area contributed by atoms with Crippen molar-refractivity contribution in [1.82, 2.24) is 5.32 Å². The number of hydrogen-bond donors (Lipinski definition) is 1. The summed E-state index contributed by atoms with van der Waals surface area (Å²) in [6, 6.07) is 12.1. The average molecular weight is 379 g/mol. The van der Waals surface area contributed by atoms with Gasteiger partial charge in [0, 0.05) is 0 Å². The fraction of sp³-hybridized carbons (Fsp3) is 0.435. The second kappa shape index (κ2) is 7.38. The highest BCUT2D eigenvalue weighted by molar-refractivity contribution is 5.78. The third-order valence-corrected chi connectivity index (χ3v) is 5.78. The summed E-state index contributed by atoms with van der Waals surface area (Å²) in [5, 5.41) is 3.16. The molecule has 1 amide bonds. The van der Waals surface area contributed by atoms with Crippen LogP contribution in [0.3, 0.4) is 0 Å². The highest BCUT2D eigenvalue weighted by Gasteiger charge is 2.34. The van der Waals surface area contributed by atoms with Crippen LogP contribution in [-0.2, 0) is 17.6 Å². The Labute approximate surface area is 165 Å². The Balaban J connectivity index is 1.23. The highest BCUT2D eigenvalue weighted by Crippen LogP contribution is 2.43. The first-order valence-corrected chi connectivity index (χ1v) is 10.2. The van der Waals surface area contributed by atoms with Gasteiger partial charge in [-0.2, -0.15) is 0 Å². The van der Waals surface area contributed by atoms with Crippen molar-refractivity contribution in [3.63, 3.8) is 0 Å². The first-order valence-electron chi connectivity index (χ1n) is 10.2. The van der Waals surface area contributed by atoms with Crippen LogP contribution in [0, 0.1) is 5.92 Å². The van der Waals surface area contributed by atoms with Crippen LogP contribution in [0.5, 0.6) is 17.2 Å². The van der Waals surface area contributed by atoms with Gasteiger partial charge >= 0.3 is 0 Å². The summed E-state index contributed by atoms with van der Waals surface area (Å²) in [6.07, 6.45) is 5.72. The average Bonchev–Trinajstić information content (AvgIpc) is 3.46. The molecule has 2 aliphatic carbocycles. The van der Waals surface area contributed by atoms with Gasteiger partial charge in [0.1, 0.15) is 19.0 Å². The van der Waals surface area contributed by atoms with Gasteiger partial charge in [-0.15, -0.1) is 0 Å². The Kier molecular flexibility index (Phi) is 4.59. The number of fused-ring (bicyclic) bond motifs is 2. The maximum Gasteiger partial charge on any atom is 0.258 e. The zero-order chi connectivity index (χ0) is 18.9. The molecule has 0 unspecified atom stereocenters. The minimum atomic E-state index is -0.0905. The predicted molar refractivity (Wildman–Crippen MR) is 105 cm³/mol. The van der Waals surface area contributed by atoms with E-state index in [1.54, 1.807) is 0 Å². The molecule has 1 aliphatic heterocycles. The molecule has 0 spiro atoms. The molecule has 146 valence electrons. The number of benzene rings is 2. The second-order valence-electron chi connectivity index (χ2n) is 7.86. The van der Waals surface area contributed by atoms with Crippen LogP contribution in [-0.4, -0.2) is 25.7 Å². The zero-order valence-corrected chi connectivity index (χ0v) is 15.9. The molecule has 1 heterocycles. The van der Waals surface area contributed by atoms with Gasteiger partial charge in [-0.3, -0.25) is 4.79 Å². The van der Waals surface area contributed by atoms with E-state index in [-0.39, 0.29) is 18.6 Å². The van der Waals surface area contributed by atoms with Crippen molar-refractivity contribution in [2.45, 2.75) is 38.1 Å². The van der Waals surface area contributed by atoms with Crippen LogP contribution < -0.4 is 19.5 Å². The van der Waals surface area contributed by atoms with Crippen molar-refractivity contribution in [3.05, 3.63) is 53.1 Å². The molecule has 5 rings (SSSR count). The third kappa shape index (κ3) is 3.66. The summed E-state index contributed by atoms with van der Waals surface area (Å²) in [4.78, 5) is 12.6. The lowest BCUT2D eigenvalue weighted by Gasteiger charge is -2.23. The summed E-state index contributed by atoms with van der Waals surface area (Å²) < 4.78 is 17.1. The largest absolute Gasteiger partial charge is 0.486 e. The molecule has 2 aromatic carbocycles. The van der Waals surface area contributed by atoms with Crippen molar-refractivity contribution in [1.29, 1.82) is 0 Å². The SMILES string of the molecule is O=C(COc1ccc2c(c1)CCC2)N[C@@H](c1ccc2c(c1)OCCO2)C1CC1. The molecule has 2 aromatic rings. The van der Waals surface area contributed by atoms with E-state index in [1.165, 1.54) is 17.5 Å². The molecule has 0 radical (unpaired) electrons. The Morgan fingerprint density at radius 3 is 2.71 bits per heavy atom. The fourth-order valence-corrected chi connectivity index (χ4v) is 4.16. The molecular weight excluding hydrogens is 354 g/mol. The number of ether oxygens (including phenoxy) is 3. The summed E-state index contributed by atoms with van der Waals surface area (Å²) in [7, 11) is 0. The fourth-order valence-electron chi connectivity index (χ4n) is 4.16. The summed E-state index contributed by atoms with van der Waals surface area (Å²) >= 11 is 0. The van der Waals surface area contributed by atoms with Gasteiger partial charge in [-0.25, -0.2) is 0 Å². The van der Waals surface area contributed by atoms with E-state index in [9.17, 15) is 4.79 Å². The van der Waals surface area contributed by atoms with Gasteiger partial charge in [0.05, 0.1) is 6.04 Å². The monoisotopic (exact) mass is 379 g/mol. The topological polar surface area (TPSA) is 56.8 Å². The number of rotatable bonds is 6. The van der Waals surface area contributed by atoms with Crippen molar-refractivity contribution < 1.29 is 19.0 Å². The van der Waals surface area contributed by atoms with E-state index in [0.717, 1.165) is 48.5 Å². The van der Waals surface area contributed by atoms with Crippen LogP contribution in [0.2, 0.25) is 0 Å². The number of amides is 1. The van der Waals surface area contributed by atoms with E-state index >= 15 is 0 Å². The molecule has 1 saturated carbocycles. The van der Waals surface area contributed by atoms with Crippen molar-refractivity contribution in [2.24, 2.45) is 5.92 Å². The van der Waals surface area contributed by atoms with Crippen LogP contribution in [0.25, 0.3) is 0 Å². The zero-order valence-electron chi connectivity index (χ0n) is 15.9. The Morgan fingerprint density at radius 1 is 1.04 bits per heavy atom. The molecule has 1 atom stereocenters. The normalized spacial score (nSPS) is 18.3. The van der Waals surface area contributed by atoms with E-state index in [1.807, 2.05) is 24.3 Å². The van der Waals surface area contributed by atoms with E-state index in [2.05, 4.69) is 17.4 Å². The summed E-state index contributed by atoms with van der Waals surface area (Å²) in [5.74, 6) is 2.70. The van der Waals surface area contributed by atoms with Crippen molar-refractivity contribution in [2.75, 3.05) is 19.8 Å². The molecule has 0 aromatic heterocycles. The van der Waals surface area contributed by atoms with Gasteiger partial charge in [0.15, 0.2) is 18.1 Å². The van der Waals surface area contributed by atoms with E-state index in [4.69, 9.17) is 14.2 Å². The number of aryl methyl sites for hydroxylation is 2. The molecule has 0 bridgehead atoms. The number of carbonyl (C=O) groups excluding carboxylic acids is 1. The van der Waals surface area contributed by atoms with Crippen LogP contribution >= 0.6 is 0 Å². The predicted octanol–water partition coefficient (Wildman–Crippen LogP) is 3.59. The van der Waals surface area contributed by atoms with Gasteiger partial charge < -0.3 is 19.5 Å². The van der Waals surface area contributed by atoms with Gasteiger partial charge in [0.25, 0.3) is 5.91 Å². The molecule has 5 nitrogen and oxygen atoms in total. The quantitative estimate of drug-likeness (QED) is 0.833. The standard InChI is InChI=1S/C23H25NO4/c25-22(14-28-19-8-6-15-2-1-3-17(15)12-19)24-23(16-4-5-16)18-7-9-20-21(13-18)27-11-10-26-20/h6-9,12-13,16,23H,1-5,10-11,14H2,(H,24,25)/t23-/m1/s1. The Hall–Kier alpha value is -2.69. The lowest BCUT2D eigenvalue weighted by atomic mass is 10.0. The van der Waals surface area contributed by atoms with Gasteiger partial charge in [-0.1, -0.05) is 12.1 Å². The summed E-state index contributed by atoms with van der Waals surface area (Å²) in [5.41, 5.74) is 3.83. The third-order valence-electron chi connectivity index (χ3n) is 5.78. The smallest absolute Gasteiger partial charge is 0.258 e. The lowest BCUT2D eigenvalue weighted by molar-refractivity contribution is -0.124. The molecule has 28 heavy (non-hydrogen) atoms. The van der Waals surface area contributed by atoms with Crippen LogP contribution in [0.4, 0.5) is 0 Å². The molecule has 3 aliphatic rings. The molecule has 0 saturated heterocycles. The molecule has 1 fully saturated rings.